The maximum Gasteiger partial charge on any atom is 0.269 e. The second kappa shape index (κ2) is 7.86. The summed E-state index contributed by atoms with van der Waals surface area (Å²) in [4.78, 5) is 26.3. The zero-order valence-corrected chi connectivity index (χ0v) is 14.4. The number of thiazole rings is 1. The molecule has 0 saturated heterocycles. The Labute approximate surface area is 150 Å². The van der Waals surface area contributed by atoms with Crippen molar-refractivity contribution in [3.63, 3.8) is 0 Å². The maximum absolute atomic E-state index is 11.8. The molecule has 9 heteroatoms. The Morgan fingerprint density at radius 3 is 2.76 bits per heavy atom. The molecule has 3 rings (SSSR count). The second-order valence-electron chi connectivity index (χ2n) is 4.88. The van der Waals surface area contributed by atoms with Crippen molar-refractivity contribution in [3.8, 4) is 0 Å². The fraction of sp³-hybridized carbons (Fsp3) is 0.0625. The van der Waals surface area contributed by atoms with Gasteiger partial charge in [-0.1, -0.05) is 23.9 Å². The lowest BCUT2D eigenvalue weighted by molar-refractivity contribution is -0.384. The van der Waals surface area contributed by atoms with Gasteiger partial charge in [-0.2, -0.15) is 5.10 Å². The number of aromatic nitrogens is 1. The lowest BCUT2D eigenvalue weighted by Crippen LogP contribution is -2.19. The van der Waals surface area contributed by atoms with Crippen LogP contribution in [0.15, 0.2) is 58.0 Å². The molecule has 1 N–H and O–H groups in total. The number of nitrogens with one attached hydrogen (secondary N) is 1. The maximum atomic E-state index is 11.8. The van der Waals surface area contributed by atoms with E-state index in [1.54, 1.807) is 23.5 Å². The average molecular weight is 372 g/mol. The first-order chi connectivity index (χ1) is 12.1. The van der Waals surface area contributed by atoms with Gasteiger partial charge in [0, 0.05) is 12.1 Å². The topological polar surface area (TPSA) is 97.5 Å². The van der Waals surface area contributed by atoms with Gasteiger partial charge in [0.1, 0.15) is 0 Å². The van der Waals surface area contributed by atoms with Crippen LogP contribution in [0.25, 0.3) is 10.2 Å². The molecule has 126 valence electrons. The van der Waals surface area contributed by atoms with E-state index in [2.05, 4.69) is 15.5 Å². The lowest BCUT2D eigenvalue weighted by Gasteiger charge is -1.97. The minimum atomic E-state index is -0.470. The van der Waals surface area contributed by atoms with Gasteiger partial charge in [0.05, 0.1) is 27.1 Å². The van der Waals surface area contributed by atoms with Crippen molar-refractivity contribution < 1.29 is 9.72 Å². The minimum absolute atomic E-state index is 0.00780. The van der Waals surface area contributed by atoms with E-state index in [4.69, 9.17) is 0 Å². The molecular weight excluding hydrogens is 360 g/mol. The molecule has 0 aliphatic carbocycles. The highest BCUT2D eigenvalue weighted by Crippen LogP contribution is 2.28. The first-order valence-electron chi connectivity index (χ1n) is 7.16. The Hall–Kier alpha value is -2.78. The van der Waals surface area contributed by atoms with E-state index < -0.39 is 4.92 Å². The molecule has 0 fully saturated rings. The predicted octanol–water partition coefficient (Wildman–Crippen LogP) is 3.45. The Bertz CT molecular complexity index is 905. The van der Waals surface area contributed by atoms with E-state index in [0.29, 0.717) is 5.56 Å². The average Bonchev–Trinajstić information content (AvgIpc) is 3.03. The number of hydrogen-bond donors (Lipinski definition) is 1. The molecule has 2 aromatic carbocycles. The number of carbonyl (C=O) groups excluding carboxylic acids is 1. The number of nitrogens with zero attached hydrogens (tertiary/aromatic N) is 3. The molecule has 0 radical (unpaired) electrons. The number of nitro benzene ring substituents is 1. The van der Waals surface area contributed by atoms with Crippen LogP contribution in [-0.4, -0.2) is 27.8 Å². The molecule has 0 unspecified atom stereocenters. The number of hydrazone groups is 1. The zero-order valence-electron chi connectivity index (χ0n) is 12.8. The largest absolute Gasteiger partial charge is 0.272 e. The van der Waals surface area contributed by atoms with Crippen LogP contribution in [0.3, 0.4) is 0 Å². The van der Waals surface area contributed by atoms with E-state index in [9.17, 15) is 14.9 Å². The van der Waals surface area contributed by atoms with E-state index in [1.165, 1.54) is 30.1 Å². The van der Waals surface area contributed by atoms with Crippen LogP contribution in [-0.2, 0) is 4.79 Å². The second-order valence-corrected chi connectivity index (χ2v) is 7.13. The molecule has 25 heavy (non-hydrogen) atoms. The van der Waals surface area contributed by atoms with Crippen molar-refractivity contribution in [3.05, 3.63) is 64.2 Å². The van der Waals surface area contributed by atoms with Crippen molar-refractivity contribution in [1.82, 2.24) is 10.4 Å². The van der Waals surface area contributed by atoms with Gasteiger partial charge in [0.25, 0.3) is 11.6 Å². The third-order valence-corrected chi connectivity index (χ3v) is 5.29. The summed E-state index contributed by atoms with van der Waals surface area (Å²) < 4.78 is 1.91. The van der Waals surface area contributed by atoms with Crippen LogP contribution < -0.4 is 5.43 Å². The van der Waals surface area contributed by atoms with Gasteiger partial charge in [-0.3, -0.25) is 14.9 Å². The molecular formula is C16H12N4O3S2. The fourth-order valence-corrected chi connectivity index (χ4v) is 3.79. The van der Waals surface area contributed by atoms with Crippen LogP contribution in [0.2, 0.25) is 0 Å². The highest BCUT2D eigenvalue weighted by Gasteiger charge is 2.07. The van der Waals surface area contributed by atoms with Crippen molar-refractivity contribution in [1.29, 1.82) is 0 Å². The zero-order chi connectivity index (χ0) is 17.6. The van der Waals surface area contributed by atoms with E-state index in [-0.39, 0.29) is 17.3 Å². The minimum Gasteiger partial charge on any atom is -0.272 e. The number of fused-ring (bicyclic) bond motifs is 1. The van der Waals surface area contributed by atoms with Gasteiger partial charge in [-0.15, -0.1) is 11.3 Å². The van der Waals surface area contributed by atoms with Crippen molar-refractivity contribution in [2.45, 2.75) is 4.34 Å². The van der Waals surface area contributed by atoms with Crippen LogP contribution in [0.1, 0.15) is 5.56 Å². The van der Waals surface area contributed by atoms with Gasteiger partial charge < -0.3 is 0 Å². The van der Waals surface area contributed by atoms with E-state index >= 15 is 0 Å². The predicted molar refractivity (Wildman–Crippen MR) is 99.2 cm³/mol. The Morgan fingerprint density at radius 1 is 1.28 bits per heavy atom. The SMILES string of the molecule is O=C(CSc1nc2ccccc2s1)NN=Cc1ccc([N+](=O)[O-])cc1. The van der Waals surface area contributed by atoms with Crippen LogP contribution in [0.4, 0.5) is 5.69 Å². The summed E-state index contributed by atoms with van der Waals surface area (Å²) in [5, 5.41) is 14.4. The molecule has 0 saturated carbocycles. The third-order valence-electron chi connectivity index (χ3n) is 3.11. The number of carbonyl (C=O) groups is 1. The fourth-order valence-electron chi connectivity index (χ4n) is 1.93. The highest BCUT2D eigenvalue weighted by atomic mass is 32.2. The molecule has 0 bridgehead atoms. The number of para-hydroxylation sites is 1. The molecule has 0 aliphatic rings. The summed E-state index contributed by atoms with van der Waals surface area (Å²) in [6.45, 7) is 0. The number of amides is 1. The smallest absolute Gasteiger partial charge is 0.269 e. The van der Waals surface area contributed by atoms with Crippen molar-refractivity contribution >= 4 is 51.1 Å². The first kappa shape index (κ1) is 17.1. The van der Waals surface area contributed by atoms with Crippen molar-refractivity contribution in [2.75, 3.05) is 5.75 Å². The monoisotopic (exact) mass is 372 g/mol. The Morgan fingerprint density at radius 2 is 2.04 bits per heavy atom. The standard InChI is InChI=1S/C16H12N4O3S2/c21-15(10-24-16-18-13-3-1-2-4-14(13)25-16)19-17-9-11-5-7-12(8-6-11)20(22)23/h1-9H,10H2,(H,19,21). The van der Waals surface area contributed by atoms with Gasteiger partial charge >= 0.3 is 0 Å². The molecule has 0 spiro atoms. The van der Waals surface area contributed by atoms with Crippen LogP contribution in [0.5, 0.6) is 0 Å². The summed E-state index contributed by atoms with van der Waals surface area (Å²) in [6.07, 6.45) is 1.43. The van der Waals surface area contributed by atoms with Crippen LogP contribution in [0, 0.1) is 10.1 Å². The van der Waals surface area contributed by atoms with E-state index in [1.807, 2.05) is 24.3 Å². The number of hydrogen-bond acceptors (Lipinski definition) is 7. The van der Waals surface area contributed by atoms with Gasteiger partial charge in [0.2, 0.25) is 0 Å². The molecule has 0 atom stereocenters. The summed E-state index contributed by atoms with van der Waals surface area (Å²) in [5.41, 5.74) is 4.01. The van der Waals surface area contributed by atoms with Gasteiger partial charge in [0.15, 0.2) is 4.34 Å². The number of rotatable bonds is 6. The summed E-state index contributed by atoms with van der Waals surface area (Å²) in [5.74, 6) is -0.0420. The quantitative estimate of drug-likeness (QED) is 0.309. The summed E-state index contributed by atoms with van der Waals surface area (Å²) in [7, 11) is 0. The first-order valence-corrected chi connectivity index (χ1v) is 8.97. The Kier molecular flexibility index (Phi) is 5.36. The Balaban J connectivity index is 1.49. The van der Waals surface area contributed by atoms with Crippen LogP contribution >= 0.6 is 23.1 Å². The number of nitro groups is 1. The molecule has 7 nitrogen and oxygen atoms in total. The van der Waals surface area contributed by atoms with Gasteiger partial charge in [-0.25, -0.2) is 10.4 Å². The van der Waals surface area contributed by atoms with Crippen molar-refractivity contribution in [2.24, 2.45) is 5.10 Å². The summed E-state index contributed by atoms with van der Waals surface area (Å²) >= 11 is 2.89. The normalized spacial score (nSPS) is 11.0. The molecule has 3 aromatic rings. The molecule has 1 aromatic heterocycles. The third kappa shape index (κ3) is 4.61. The number of benzene rings is 2. The highest BCUT2D eigenvalue weighted by molar-refractivity contribution is 8.01. The summed E-state index contributed by atoms with van der Waals surface area (Å²) in [6, 6.07) is 13.7. The molecule has 1 heterocycles. The number of non-ortho nitro benzene ring substituents is 1. The van der Waals surface area contributed by atoms with Gasteiger partial charge in [-0.05, 0) is 29.8 Å². The van der Waals surface area contributed by atoms with E-state index in [0.717, 1.165) is 14.6 Å². The molecule has 0 aliphatic heterocycles. The number of thioether (sulfide) groups is 1. The molecule has 1 amide bonds. The lowest BCUT2D eigenvalue weighted by atomic mass is 10.2.